The van der Waals surface area contributed by atoms with Crippen LogP contribution in [0.5, 0.6) is 5.88 Å². The fraction of sp³-hybridized carbons (Fsp3) is 0.0769. The van der Waals surface area contributed by atoms with E-state index in [1.54, 1.807) is 19.4 Å². The van der Waals surface area contributed by atoms with Crippen molar-refractivity contribution >= 4 is 27.4 Å². The van der Waals surface area contributed by atoms with E-state index >= 15 is 0 Å². The van der Waals surface area contributed by atoms with Gasteiger partial charge in [-0.3, -0.25) is 4.40 Å². The van der Waals surface area contributed by atoms with Gasteiger partial charge in [0.15, 0.2) is 0 Å². The summed E-state index contributed by atoms with van der Waals surface area (Å²) in [5.74, 6) is 1.15. The van der Waals surface area contributed by atoms with Crippen molar-refractivity contribution in [3.8, 4) is 17.1 Å². The van der Waals surface area contributed by atoms with Crippen LogP contribution in [0.15, 0.2) is 41.1 Å². The first-order valence-corrected chi connectivity index (χ1v) is 6.42. The van der Waals surface area contributed by atoms with Crippen molar-refractivity contribution in [1.29, 1.82) is 0 Å². The number of imidazole rings is 1. The monoisotopic (exact) mass is 318 g/mol. The molecule has 0 atom stereocenters. The predicted molar refractivity (Wildman–Crippen MR) is 77.1 cm³/mol. The van der Waals surface area contributed by atoms with Crippen molar-refractivity contribution in [1.82, 2.24) is 14.4 Å². The molecule has 3 rings (SSSR count). The molecule has 0 saturated carbocycles. The minimum absolute atomic E-state index is 0.564. The summed E-state index contributed by atoms with van der Waals surface area (Å²) in [4.78, 5) is 8.68. The van der Waals surface area contributed by atoms with Crippen LogP contribution in [-0.2, 0) is 0 Å². The Morgan fingerprint density at radius 3 is 2.79 bits per heavy atom. The maximum atomic E-state index is 6.13. The quantitative estimate of drug-likeness (QED) is 0.789. The van der Waals surface area contributed by atoms with Gasteiger partial charge in [-0.15, -0.1) is 0 Å². The molecule has 0 amide bonds. The summed E-state index contributed by atoms with van der Waals surface area (Å²) in [6.45, 7) is 0. The molecule has 0 radical (unpaired) electrons. The molecule has 3 aromatic heterocycles. The van der Waals surface area contributed by atoms with Gasteiger partial charge in [0.1, 0.15) is 17.2 Å². The number of nitrogen functional groups attached to an aromatic ring is 1. The molecule has 3 heterocycles. The number of anilines is 1. The largest absolute Gasteiger partial charge is 0.481 e. The van der Waals surface area contributed by atoms with E-state index in [9.17, 15) is 0 Å². The molecule has 0 aliphatic rings. The van der Waals surface area contributed by atoms with E-state index in [4.69, 9.17) is 10.5 Å². The summed E-state index contributed by atoms with van der Waals surface area (Å²) in [6, 6.07) is 7.51. The highest BCUT2D eigenvalue weighted by Crippen LogP contribution is 2.27. The molecule has 0 aliphatic heterocycles. The number of hydrogen-bond donors (Lipinski definition) is 1. The van der Waals surface area contributed by atoms with Gasteiger partial charge in [-0.25, -0.2) is 9.97 Å². The van der Waals surface area contributed by atoms with Crippen LogP contribution in [0.1, 0.15) is 0 Å². The second kappa shape index (κ2) is 4.55. The zero-order valence-corrected chi connectivity index (χ0v) is 11.8. The molecule has 19 heavy (non-hydrogen) atoms. The molecule has 96 valence electrons. The van der Waals surface area contributed by atoms with Crippen molar-refractivity contribution in [2.75, 3.05) is 12.8 Å². The Labute approximate surface area is 118 Å². The van der Waals surface area contributed by atoms with Crippen LogP contribution in [0.4, 0.5) is 5.82 Å². The van der Waals surface area contributed by atoms with Crippen LogP contribution in [0, 0.1) is 0 Å². The lowest BCUT2D eigenvalue weighted by Crippen LogP contribution is -1.94. The Morgan fingerprint density at radius 2 is 2.11 bits per heavy atom. The summed E-state index contributed by atoms with van der Waals surface area (Å²) >= 11 is 3.42. The molecule has 2 N–H and O–H groups in total. The Morgan fingerprint density at radius 1 is 1.26 bits per heavy atom. The first kappa shape index (κ1) is 12.0. The number of nitrogens with zero attached hydrogens (tertiary/aromatic N) is 3. The molecule has 0 aromatic carbocycles. The molecule has 0 bridgehead atoms. The topological polar surface area (TPSA) is 65.4 Å². The maximum Gasteiger partial charge on any atom is 0.212 e. The molecular weight excluding hydrogens is 308 g/mol. The number of halogens is 1. The lowest BCUT2D eigenvalue weighted by Gasteiger charge is -2.01. The van der Waals surface area contributed by atoms with Gasteiger partial charge in [0.05, 0.1) is 7.11 Å². The summed E-state index contributed by atoms with van der Waals surface area (Å²) in [5.41, 5.74) is 8.50. The standard InChI is InChI=1S/C13H11BrN4O/c1-19-11-5-2-8(6-16-11)12-13(15)18-7-9(14)3-4-10(18)17-12/h2-7H,15H2,1H3. The zero-order chi connectivity index (χ0) is 13.4. The van der Waals surface area contributed by atoms with E-state index in [0.29, 0.717) is 17.4 Å². The van der Waals surface area contributed by atoms with E-state index in [1.165, 1.54) is 0 Å². The van der Waals surface area contributed by atoms with Gasteiger partial charge >= 0.3 is 0 Å². The predicted octanol–water partition coefficient (Wildman–Crippen LogP) is 2.75. The molecule has 6 heteroatoms. The molecule has 0 spiro atoms. The molecule has 3 aromatic rings. The summed E-state index contributed by atoms with van der Waals surface area (Å²) < 4.78 is 7.82. The van der Waals surface area contributed by atoms with Crippen LogP contribution in [0.25, 0.3) is 16.9 Å². The second-order valence-corrected chi connectivity index (χ2v) is 4.93. The number of nitrogens with two attached hydrogens (primary N) is 1. The highest BCUT2D eigenvalue weighted by Gasteiger charge is 2.11. The van der Waals surface area contributed by atoms with Crippen molar-refractivity contribution in [2.24, 2.45) is 0 Å². The molecule has 0 unspecified atom stereocenters. The second-order valence-electron chi connectivity index (χ2n) is 4.01. The highest BCUT2D eigenvalue weighted by molar-refractivity contribution is 9.10. The van der Waals surface area contributed by atoms with Gasteiger partial charge in [0, 0.05) is 28.5 Å². The number of methoxy groups -OCH3 is 1. The Balaban J connectivity index is 2.16. The Bertz CT molecular complexity index is 736. The molecule has 5 nitrogen and oxygen atoms in total. The Hall–Kier alpha value is -2.08. The van der Waals surface area contributed by atoms with Gasteiger partial charge in [0.2, 0.25) is 5.88 Å². The number of aromatic nitrogens is 3. The van der Waals surface area contributed by atoms with Gasteiger partial charge < -0.3 is 10.5 Å². The first-order valence-electron chi connectivity index (χ1n) is 5.62. The number of pyridine rings is 2. The minimum atomic E-state index is 0.564. The third kappa shape index (κ3) is 2.04. The Kier molecular flexibility index (Phi) is 2.87. The average Bonchev–Trinajstić information content (AvgIpc) is 2.76. The lowest BCUT2D eigenvalue weighted by atomic mass is 10.2. The normalized spacial score (nSPS) is 10.8. The molecular formula is C13H11BrN4O. The van der Waals surface area contributed by atoms with Crippen LogP contribution >= 0.6 is 15.9 Å². The fourth-order valence-corrected chi connectivity index (χ4v) is 2.23. The number of fused-ring (bicyclic) bond motifs is 1. The van der Waals surface area contributed by atoms with Gasteiger partial charge in [0.25, 0.3) is 0 Å². The number of rotatable bonds is 2. The van der Waals surface area contributed by atoms with E-state index in [2.05, 4.69) is 25.9 Å². The van der Waals surface area contributed by atoms with E-state index in [0.717, 1.165) is 15.7 Å². The number of hydrogen-bond acceptors (Lipinski definition) is 4. The summed E-state index contributed by atoms with van der Waals surface area (Å²) in [6.07, 6.45) is 3.59. The molecule has 0 fully saturated rings. The van der Waals surface area contributed by atoms with Crippen LogP contribution in [0.3, 0.4) is 0 Å². The van der Waals surface area contributed by atoms with Crippen LogP contribution < -0.4 is 10.5 Å². The third-order valence-electron chi connectivity index (χ3n) is 2.84. The SMILES string of the molecule is COc1ccc(-c2nc3ccc(Br)cn3c2N)cn1. The van der Waals surface area contributed by atoms with Gasteiger partial charge in [-0.05, 0) is 34.1 Å². The lowest BCUT2D eigenvalue weighted by molar-refractivity contribution is 0.398. The fourth-order valence-electron chi connectivity index (χ4n) is 1.89. The highest BCUT2D eigenvalue weighted by atomic mass is 79.9. The minimum Gasteiger partial charge on any atom is -0.481 e. The van der Waals surface area contributed by atoms with Crippen LogP contribution in [0.2, 0.25) is 0 Å². The zero-order valence-electron chi connectivity index (χ0n) is 10.2. The molecule has 0 aliphatic carbocycles. The maximum absolute atomic E-state index is 6.13. The van der Waals surface area contributed by atoms with Crippen molar-refractivity contribution in [3.63, 3.8) is 0 Å². The van der Waals surface area contributed by atoms with Crippen molar-refractivity contribution in [2.45, 2.75) is 0 Å². The van der Waals surface area contributed by atoms with E-state index in [-0.39, 0.29) is 0 Å². The summed E-state index contributed by atoms with van der Waals surface area (Å²) in [5, 5.41) is 0. The van der Waals surface area contributed by atoms with E-state index < -0.39 is 0 Å². The first-order chi connectivity index (χ1) is 9.19. The summed E-state index contributed by atoms with van der Waals surface area (Å²) in [7, 11) is 1.58. The van der Waals surface area contributed by atoms with Gasteiger partial charge in [-0.2, -0.15) is 0 Å². The smallest absolute Gasteiger partial charge is 0.212 e. The third-order valence-corrected chi connectivity index (χ3v) is 3.31. The van der Waals surface area contributed by atoms with E-state index in [1.807, 2.05) is 28.8 Å². The van der Waals surface area contributed by atoms with Crippen molar-refractivity contribution in [3.05, 3.63) is 41.1 Å². The number of ether oxygens (including phenoxy) is 1. The van der Waals surface area contributed by atoms with Crippen LogP contribution in [-0.4, -0.2) is 21.5 Å². The average molecular weight is 319 g/mol. The molecule has 0 saturated heterocycles. The van der Waals surface area contributed by atoms with Crippen molar-refractivity contribution < 1.29 is 4.74 Å². The van der Waals surface area contributed by atoms with Gasteiger partial charge in [-0.1, -0.05) is 0 Å².